The molecule has 0 aliphatic carbocycles. The molecular weight excluding hydrogens is 316 g/mol. The predicted octanol–water partition coefficient (Wildman–Crippen LogP) is 1.22. The third-order valence-corrected chi connectivity index (χ3v) is 1.48. The molecule has 0 aromatic carbocycles. The minimum Gasteiger partial charge on any atom is -0.353 e. The summed E-state index contributed by atoms with van der Waals surface area (Å²) in [4.78, 5) is 0. The molecule has 0 N–H and O–H groups in total. The van der Waals surface area contributed by atoms with Gasteiger partial charge in [0, 0.05) is 23.5 Å². The van der Waals surface area contributed by atoms with Crippen LogP contribution in [-0.4, -0.2) is 45.8 Å². The summed E-state index contributed by atoms with van der Waals surface area (Å²) in [6, 6.07) is 2.03. The molecule has 2 nitrogen and oxygen atoms in total. The maximum absolute atomic E-state index is 5.19. The van der Waals surface area contributed by atoms with Gasteiger partial charge >= 0.3 is 16.0 Å². The van der Waals surface area contributed by atoms with Crippen LogP contribution in [0.15, 0.2) is 0 Å². The van der Waals surface area contributed by atoms with Gasteiger partial charge in [-0.3, -0.25) is 25.8 Å². The van der Waals surface area contributed by atoms with Gasteiger partial charge in [-0.05, 0) is 19.9 Å². The van der Waals surface area contributed by atoms with E-state index in [-0.39, 0.29) is 22.3 Å². The van der Waals surface area contributed by atoms with Gasteiger partial charge in [0.25, 0.3) is 0 Å². The smallest absolute Gasteiger partial charge is 0.353 e. The van der Waals surface area contributed by atoms with Crippen LogP contribution in [0.1, 0.15) is 13.8 Å². The molecule has 0 aromatic heterocycles. The monoisotopic (exact) mass is 329 g/mol. The molecule has 0 aromatic rings. The summed E-state index contributed by atoms with van der Waals surface area (Å²) >= 11 is 6.44. The Hall–Kier alpha value is 1.86. The molecule has 0 rings (SSSR count). The molecule has 0 heterocycles. The fourth-order valence-electron chi connectivity index (χ4n) is 0.569. The van der Waals surface area contributed by atoms with Crippen LogP contribution in [0.4, 0.5) is 0 Å². The average molecular weight is 331 g/mol. The number of halogens is 2. The van der Waals surface area contributed by atoms with E-state index in [4.69, 9.17) is 9.47 Å². The standard InChI is InChI=1S/C6H15O2Si.2BrH.Mg/c1-3-7-6(5-9)8-4-2;;;/h5-6H,3-4H2,1-2,9H3;2*1H;/q;;;+2/p-2. The molecule has 0 unspecified atom stereocenters. The first-order chi connectivity index (χ1) is 5.76. The van der Waals surface area contributed by atoms with E-state index in [2.05, 4.69) is 25.8 Å². The number of ether oxygens (including phenoxy) is 2. The van der Waals surface area contributed by atoms with Crippen molar-refractivity contribution in [2.45, 2.75) is 20.1 Å². The van der Waals surface area contributed by atoms with Crippen LogP contribution < -0.4 is 0 Å². The number of hydrogen-bond acceptors (Lipinski definition) is 2. The van der Waals surface area contributed by atoms with Gasteiger partial charge in [-0.15, -0.1) is 0 Å². The average Bonchev–Trinajstić information content (AvgIpc) is 2.05. The van der Waals surface area contributed by atoms with Gasteiger partial charge in [0.05, 0.1) is 0 Å². The first-order valence-corrected chi connectivity index (χ1v) is 12.9. The molecule has 0 saturated carbocycles. The molecule has 0 aliphatic rings. The van der Waals surface area contributed by atoms with E-state index in [1.807, 2.05) is 19.9 Å². The quantitative estimate of drug-likeness (QED) is 0.557. The zero-order chi connectivity index (χ0) is 9.82. The second kappa shape index (κ2) is 15.3. The lowest BCUT2D eigenvalue weighted by Crippen LogP contribution is -2.17. The maximum atomic E-state index is 5.19. The molecule has 0 spiro atoms. The largest absolute Gasteiger partial charge is 0.560 e. The minimum atomic E-state index is -0.0494. The lowest BCUT2D eigenvalue weighted by molar-refractivity contribution is -0.109. The van der Waals surface area contributed by atoms with E-state index >= 15 is 0 Å². The molecular formula is C6H15Br2MgO2Si. The van der Waals surface area contributed by atoms with Crippen LogP contribution in [0, 0.1) is 6.04 Å². The summed E-state index contributed by atoms with van der Waals surface area (Å²) in [5.74, 6) is 0. The van der Waals surface area contributed by atoms with Crippen molar-refractivity contribution in [1.82, 2.24) is 0 Å². The Morgan fingerprint density at radius 2 is 1.67 bits per heavy atom. The predicted molar refractivity (Wildman–Crippen MR) is 64.9 cm³/mol. The Balaban J connectivity index is 0. The van der Waals surface area contributed by atoms with Crippen LogP contribution in [0.3, 0.4) is 0 Å². The molecule has 0 atom stereocenters. The van der Waals surface area contributed by atoms with Gasteiger partial charge in [-0.1, -0.05) is 0 Å². The summed E-state index contributed by atoms with van der Waals surface area (Å²) in [6.45, 7) is 5.39. The van der Waals surface area contributed by atoms with Crippen LogP contribution in [0.2, 0.25) is 0 Å². The Morgan fingerprint density at radius 1 is 1.33 bits per heavy atom. The third-order valence-electron chi connectivity index (χ3n) is 0.934. The zero-order valence-corrected chi connectivity index (χ0v) is 14.4. The van der Waals surface area contributed by atoms with Crippen molar-refractivity contribution in [2.75, 3.05) is 13.2 Å². The van der Waals surface area contributed by atoms with Crippen molar-refractivity contribution < 1.29 is 9.47 Å². The molecule has 71 valence electrons. The molecule has 12 heavy (non-hydrogen) atoms. The topological polar surface area (TPSA) is 18.5 Å². The highest BCUT2D eigenvalue weighted by Crippen LogP contribution is 1.95. The maximum Gasteiger partial charge on any atom is 0.560 e. The summed E-state index contributed by atoms with van der Waals surface area (Å²) in [5, 5.41) is 0. The third kappa shape index (κ3) is 14.4. The fraction of sp³-hybridized carbons (Fsp3) is 0.833. The van der Waals surface area contributed by atoms with E-state index in [0.29, 0.717) is 0 Å². The van der Waals surface area contributed by atoms with Crippen molar-refractivity contribution in [2.24, 2.45) is 0 Å². The highest BCUT2D eigenvalue weighted by molar-refractivity contribution is 9.47. The lowest BCUT2D eigenvalue weighted by Gasteiger charge is -2.13. The second-order valence-electron chi connectivity index (χ2n) is 1.71. The Kier molecular flexibility index (Phi) is 20.8. The van der Waals surface area contributed by atoms with Gasteiger partial charge in [-0.2, -0.15) is 0 Å². The van der Waals surface area contributed by atoms with Crippen molar-refractivity contribution in [3.63, 3.8) is 0 Å². The van der Waals surface area contributed by atoms with E-state index < -0.39 is 0 Å². The molecule has 0 amide bonds. The zero-order valence-electron chi connectivity index (χ0n) is 7.85. The molecule has 0 fully saturated rings. The summed E-state index contributed by atoms with van der Waals surface area (Å²) < 4.78 is 10.4. The van der Waals surface area contributed by atoms with E-state index in [1.54, 1.807) is 0 Å². The number of rotatable bonds is 5. The van der Waals surface area contributed by atoms with E-state index in [9.17, 15) is 0 Å². The van der Waals surface area contributed by atoms with Crippen molar-refractivity contribution in [1.29, 1.82) is 0 Å². The van der Waals surface area contributed by atoms with Crippen molar-refractivity contribution in [3.05, 3.63) is 6.04 Å². The first kappa shape index (κ1) is 16.3. The normalized spacial score (nSPS) is 9.08. The molecule has 0 aliphatic heterocycles. The van der Waals surface area contributed by atoms with Gasteiger partial charge < -0.3 is 9.47 Å². The summed E-state index contributed by atoms with van der Waals surface area (Å²) in [5.41, 5.74) is 0. The first-order valence-electron chi connectivity index (χ1n) is 3.91. The van der Waals surface area contributed by atoms with E-state index in [0.717, 1.165) is 23.5 Å². The Bertz CT molecular complexity index is 74.6. The Labute approximate surface area is 100 Å². The van der Waals surface area contributed by atoms with E-state index in [1.165, 1.54) is 0 Å². The lowest BCUT2D eigenvalue weighted by atomic mass is 10.7. The summed E-state index contributed by atoms with van der Waals surface area (Å²) in [6.07, 6.45) is -0.0494. The highest BCUT2D eigenvalue weighted by Gasteiger charge is 2.01. The number of hydrogen-bond donors (Lipinski definition) is 0. The molecule has 0 bridgehead atoms. The second-order valence-corrected chi connectivity index (χ2v) is 10.5. The highest BCUT2D eigenvalue weighted by atomic mass is 79.9. The van der Waals surface area contributed by atoms with Crippen LogP contribution in [-0.2, 0) is 9.47 Å². The molecule has 0 saturated heterocycles. The summed E-state index contributed by atoms with van der Waals surface area (Å²) in [7, 11) is 1.03. The molecule has 1 radical (unpaired) electrons. The van der Waals surface area contributed by atoms with Gasteiger partial charge in [-0.25, -0.2) is 0 Å². The van der Waals surface area contributed by atoms with Gasteiger partial charge in [0.2, 0.25) is 0 Å². The van der Waals surface area contributed by atoms with Gasteiger partial charge in [0.1, 0.15) is 0 Å². The SMILES string of the molecule is CCOC([CH][SiH3])OCC.[Br][Mg][Br]. The van der Waals surface area contributed by atoms with Crippen molar-refractivity contribution >= 4 is 52.0 Å². The molecule has 6 heteroatoms. The van der Waals surface area contributed by atoms with Crippen LogP contribution in [0.5, 0.6) is 0 Å². The van der Waals surface area contributed by atoms with Gasteiger partial charge in [0.15, 0.2) is 6.29 Å². The fourth-order valence-corrected chi connectivity index (χ4v) is 0.954. The van der Waals surface area contributed by atoms with Crippen molar-refractivity contribution in [3.8, 4) is 0 Å². The van der Waals surface area contributed by atoms with Crippen LogP contribution >= 0.6 is 25.8 Å². The minimum absolute atomic E-state index is 0.0417. The van der Waals surface area contributed by atoms with Crippen LogP contribution in [0.25, 0.3) is 0 Å². The Morgan fingerprint density at radius 3 is 1.83 bits per heavy atom.